The van der Waals surface area contributed by atoms with Crippen molar-refractivity contribution < 1.29 is 17.9 Å². The van der Waals surface area contributed by atoms with Gasteiger partial charge in [0.25, 0.3) is 5.56 Å². The fraction of sp³-hybridized carbons (Fsp3) is 0.500. The number of nitrogens with one attached hydrogen (secondary N) is 1. The van der Waals surface area contributed by atoms with E-state index in [9.17, 15) is 18.0 Å². The average molecular weight is 422 g/mol. The molecule has 9 heteroatoms. The van der Waals surface area contributed by atoms with Crippen molar-refractivity contribution in [1.29, 1.82) is 0 Å². The van der Waals surface area contributed by atoms with Crippen molar-refractivity contribution in [2.24, 2.45) is 7.05 Å². The SMILES string of the molecule is COCCN(C)c1c(S(C)(=O)=O)ccc(C(=O)c2c(C3CC3)[nH]n(C)c2=O)c1C. The second-order valence-corrected chi connectivity index (χ2v) is 9.62. The summed E-state index contributed by atoms with van der Waals surface area (Å²) in [5.41, 5.74) is 1.77. The molecule has 0 unspecified atom stereocenters. The Morgan fingerprint density at radius 2 is 2.00 bits per heavy atom. The normalized spacial score (nSPS) is 14.2. The first-order valence-corrected chi connectivity index (χ1v) is 11.3. The maximum atomic E-state index is 13.4. The van der Waals surface area contributed by atoms with Crippen LogP contribution in [-0.4, -0.2) is 57.5 Å². The summed E-state index contributed by atoms with van der Waals surface area (Å²) in [5.74, 6) is -0.185. The zero-order valence-electron chi connectivity index (χ0n) is 17.4. The molecule has 0 spiro atoms. The number of anilines is 1. The van der Waals surface area contributed by atoms with Crippen LogP contribution >= 0.6 is 0 Å². The van der Waals surface area contributed by atoms with Gasteiger partial charge in [0.2, 0.25) is 5.78 Å². The van der Waals surface area contributed by atoms with Crippen LogP contribution in [0.5, 0.6) is 0 Å². The summed E-state index contributed by atoms with van der Waals surface area (Å²) in [6, 6.07) is 2.95. The van der Waals surface area contributed by atoms with Gasteiger partial charge in [-0.05, 0) is 37.5 Å². The quantitative estimate of drug-likeness (QED) is 0.650. The van der Waals surface area contributed by atoms with Crippen LogP contribution in [0, 0.1) is 6.92 Å². The summed E-state index contributed by atoms with van der Waals surface area (Å²) >= 11 is 0. The largest absolute Gasteiger partial charge is 0.383 e. The number of hydrogen-bond donors (Lipinski definition) is 1. The van der Waals surface area contributed by atoms with Gasteiger partial charge in [-0.1, -0.05) is 0 Å². The van der Waals surface area contributed by atoms with E-state index in [0.29, 0.717) is 35.7 Å². The third-order valence-corrected chi connectivity index (χ3v) is 6.47. The van der Waals surface area contributed by atoms with E-state index in [-0.39, 0.29) is 27.7 Å². The molecule has 0 bridgehead atoms. The molecule has 1 aromatic heterocycles. The maximum Gasteiger partial charge on any atom is 0.277 e. The molecule has 1 heterocycles. The van der Waals surface area contributed by atoms with Crippen molar-refractivity contribution in [1.82, 2.24) is 9.78 Å². The first-order chi connectivity index (χ1) is 13.6. The first-order valence-electron chi connectivity index (χ1n) is 9.45. The van der Waals surface area contributed by atoms with Gasteiger partial charge in [0.15, 0.2) is 9.84 Å². The molecule has 1 N–H and O–H groups in total. The van der Waals surface area contributed by atoms with Crippen LogP contribution in [0.25, 0.3) is 0 Å². The van der Waals surface area contributed by atoms with E-state index in [1.165, 1.54) is 16.8 Å². The van der Waals surface area contributed by atoms with E-state index in [4.69, 9.17) is 4.74 Å². The van der Waals surface area contributed by atoms with Crippen molar-refractivity contribution >= 4 is 21.3 Å². The molecule has 158 valence electrons. The van der Waals surface area contributed by atoms with Crippen LogP contribution in [0.15, 0.2) is 21.8 Å². The predicted molar refractivity (Wildman–Crippen MR) is 111 cm³/mol. The minimum Gasteiger partial charge on any atom is -0.383 e. The number of aromatic amines is 1. The van der Waals surface area contributed by atoms with Crippen LogP contribution in [0.4, 0.5) is 5.69 Å². The molecule has 29 heavy (non-hydrogen) atoms. The molecule has 1 aromatic carbocycles. The number of aromatic nitrogens is 2. The van der Waals surface area contributed by atoms with E-state index >= 15 is 0 Å². The van der Waals surface area contributed by atoms with Gasteiger partial charge in [0, 0.05) is 45.5 Å². The van der Waals surface area contributed by atoms with Crippen LogP contribution in [0.3, 0.4) is 0 Å². The Morgan fingerprint density at radius 3 is 2.55 bits per heavy atom. The Balaban J connectivity index is 2.16. The minimum absolute atomic E-state index is 0.148. The summed E-state index contributed by atoms with van der Waals surface area (Å²) in [5, 5.41) is 3.01. The molecule has 0 atom stereocenters. The summed E-state index contributed by atoms with van der Waals surface area (Å²) < 4.78 is 31.1. The molecule has 1 saturated carbocycles. The molecule has 1 aliphatic rings. The molecule has 8 nitrogen and oxygen atoms in total. The van der Waals surface area contributed by atoms with Crippen molar-refractivity contribution in [2.45, 2.75) is 30.6 Å². The van der Waals surface area contributed by atoms with Crippen molar-refractivity contribution in [2.75, 3.05) is 38.5 Å². The summed E-state index contributed by atoms with van der Waals surface area (Å²) in [6.45, 7) is 2.58. The predicted octanol–water partition coefficient (Wildman–Crippen LogP) is 1.62. The Morgan fingerprint density at radius 1 is 1.34 bits per heavy atom. The number of ether oxygens (including phenoxy) is 1. The lowest BCUT2D eigenvalue weighted by molar-refractivity contribution is 0.103. The number of carbonyl (C=O) groups is 1. The van der Waals surface area contributed by atoms with E-state index in [1.54, 1.807) is 33.0 Å². The zero-order chi connectivity index (χ0) is 21.5. The molecule has 3 rings (SSSR count). The van der Waals surface area contributed by atoms with Gasteiger partial charge in [-0.25, -0.2) is 8.42 Å². The lowest BCUT2D eigenvalue weighted by atomic mass is 9.96. The monoisotopic (exact) mass is 421 g/mol. The number of rotatable bonds is 8. The summed E-state index contributed by atoms with van der Waals surface area (Å²) in [6.07, 6.45) is 3.03. The van der Waals surface area contributed by atoms with Gasteiger partial charge in [-0.2, -0.15) is 0 Å². The van der Waals surface area contributed by atoms with Crippen LogP contribution < -0.4 is 10.5 Å². The number of sulfone groups is 1. The van der Waals surface area contributed by atoms with Crippen LogP contribution in [0.2, 0.25) is 0 Å². The number of ketones is 1. The molecule has 0 aliphatic heterocycles. The van der Waals surface area contributed by atoms with Gasteiger partial charge in [0.1, 0.15) is 5.56 Å². The van der Waals surface area contributed by atoms with Crippen LogP contribution in [0.1, 0.15) is 45.9 Å². The van der Waals surface area contributed by atoms with E-state index in [2.05, 4.69) is 5.10 Å². The topological polar surface area (TPSA) is 101 Å². The number of H-pyrrole nitrogens is 1. The molecule has 2 aromatic rings. The molecular weight excluding hydrogens is 394 g/mol. The van der Waals surface area contributed by atoms with Gasteiger partial charge >= 0.3 is 0 Å². The number of benzene rings is 1. The molecule has 1 fully saturated rings. The summed E-state index contributed by atoms with van der Waals surface area (Å²) in [4.78, 5) is 27.9. The Bertz CT molecular complexity index is 1110. The maximum absolute atomic E-state index is 13.4. The second kappa shape index (κ2) is 7.79. The van der Waals surface area contributed by atoms with Gasteiger partial charge < -0.3 is 9.64 Å². The third-order valence-electron chi connectivity index (χ3n) is 5.34. The van der Waals surface area contributed by atoms with Gasteiger partial charge in [0.05, 0.1) is 22.9 Å². The average Bonchev–Trinajstić information content (AvgIpc) is 3.44. The molecule has 1 aliphatic carbocycles. The number of likely N-dealkylation sites (N-methyl/N-ethyl adjacent to an activating group) is 1. The molecule has 0 saturated heterocycles. The highest BCUT2D eigenvalue weighted by molar-refractivity contribution is 7.90. The summed E-state index contributed by atoms with van der Waals surface area (Å²) in [7, 11) is 1.41. The highest BCUT2D eigenvalue weighted by Gasteiger charge is 2.34. The van der Waals surface area contributed by atoms with E-state index in [0.717, 1.165) is 19.1 Å². The van der Waals surface area contributed by atoms with Crippen molar-refractivity contribution in [3.8, 4) is 0 Å². The first kappa shape index (κ1) is 21.3. The molecule has 0 radical (unpaired) electrons. The Kier molecular flexibility index (Phi) is 5.73. The lowest BCUT2D eigenvalue weighted by Gasteiger charge is -2.25. The minimum atomic E-state index is -3.51. The van der Waals surface area contributed by atoms with Crippen molar-refractivity contribution in [3.63, 3.8) is 0 Å². The zero-order valence-corrected chi connectivity index (χ0v) is 18.2. The lowest BCUT2D eigenvalue weighted by Crippen LogP contribution is -2.26. The number of hydrogen-bond acceptors (Lipinski definition) is 6. The van der Waals surface area contributed by atoms with Gasteiger partial charge in [-0.15, -0.1) is 0 Å². The second-order valence-electron chi connectivity index (χ2n) is 7.64. The standard InChI is InChI=1S/C20H27N3O5S/c1-12-14(19(24)16-17(13-6-7-13)21-23(3)20(16)25)8-9-15(29(5,26)27)18(12)22(2)10-11-28-4/h8-9,13,21H,6-7,10-11H2,1-5H3. The highest BCUT2D eigenvalue weighted by atomic mass is 32.2. The number of methoxy groups -OCH3 is 1. The number of carbonyl (C=O) groups excluding carboxylic acids is 1. The fourth-order valence-electron chi connectivity index (χ4n) is 3.63. The highest BCUT2D eigenvalue weighted by Crippen LogP contribution is 2.41. The van der Waals surface area contributed by atoms with Crippen LogP contribution in [-0.2, 0) is 21.6 Å². The van der Waals surface area contributed by atoms with E-state index < -0.39 is 9.84 Å². The third kappa shape index (κ3) is 4.02. The number of nitrogens with zero attached hydrogens (tertiary/aromatic N) is 2. The van der Waals surface area contributed by atoms with E-state index in [1.807, 2.05) is 0 Å². The molecule has 0 amide bonds. The molecular formula is C20H27N3O5S. The Hall–Kier alpha value is -2.39. The number of aryl methyl sites for hydroxylation is 1. The smallest absolute Gasteiger partial charge is 0.277 e. The fourth-order valence-corrected chi connectivity index (χ4v) is 4.60. The Labute approximate surface area is 170 Å². The van der Waals surface area contributed by atoms with Gasteiger partial charge in [-0.3, -0.25) is 19.4 Å². The van der Waals surface area contributed by atoms with Crippen molar-refractivity contribution in [3.05, 3.63) is 44.9 Å².